The van der Waals surface area contributed by atoms with Crippen molar-refractivity contribution in [1.82, 2.24) is 20.4 Å². The van der Waals surface area contributed by atoms with Gasteiger partial charge in [-0.2, -0.15) is 5.10 Å². The molecule has 3 rings (SSSR count). The van der Waals surface area contributed by atoms with Crippen molar-refractivity contribution >= 4 is 18.3 Å². The summed E-state index contributed by atoms with van der Waals surface area (Å²) in [4.78, 5) is 14.0. The van der Waals surface area contributed by atoms with Gasteiger partial charge in [0.05, 0.1) is 0 Å². The number of aromatic amines is 1. The maximum absolute atomic E-state index is 12.2. The van der Waals surface area contributed by atoms with Crippen molar-refractivity contribution < 1.29 is 4.79 Å². The monoisotopic (exact) mass is 270 g/mol. The molecule has 0 radical (unpaired) electrons. The summed E-state index contributed by atoms with van der Waals surface area (Å²) in [6.45, 7) is 1.89. The topological polar surface area (TPSA) is 61.0 Å². The summed E-state index contributed by atoms with van der Waals surface area (Å²) in [6.07, 6.45) is 3.47. The first kappa shape index (κ1) is 13.4. The van der Waals surface area contributed by atoms with E-state index in [4.69, 9.17) is 0 Å². The van der Waals surface area contributed by atoms with E-state index < -0.39 is 0 Å². The lowest BCUT2D eigenvalue weighted by Crippen LogP contribution is -2.38. The Morgan fingerprint density at radius 2 is 2.22 bits per heavy atom. The van der Waals surface area contributed by atoms with Gasteiger partial charge in [-0.25, -0.2) is 0 Å². The Morgan fingerprint density at radius 1 is 1.44 bits per heavy atom. The molecule has 1 saturated heterocycles. The number of amides is 1. The number of nitrogens with zero attached hydrogens (tertiary/aromatic N) is 2. The second-order valence-electron chi connectivity index (χ2n) is 5.05. The van der Waals surface area contributed by atoms with Gasteiger partial charge in [-0.05, 0) is 31.9 Å². The van der Waals surface area contributed by atoms with Crippen LogP contribution >= 0.6 is 12.4 Å². The molecule has 100 valence electrons. The Bertz CT molecular complexity index is 423. The Balaban J connectivity index is 0.00000120. The zero-order valence-corrected chi connectivity index (χ0v) is 11.3. The fraction of sp³-hybridized carbons (Fsp3) is 0.667. The molecular formula is C12H19ClN4O. The number of hydrogen-bond donors (Lipinski definition) is 2. The van der Waals surface area contributed by atoms with Crippen LogP contribution < -0.4 is 5.32 Å². The van der Waals surface area contributed by atoms with Gasteiger partial charge in [0.2, 0.25) is 0 Å². The SMILES string of the molecule is CN(C(=O)c1cc(C2CC2)[nH]n1)C1CCNC1.Cl. The highest BCUT2D eigenvalue weighted by atomic mass is 35.5. The fourth-order valence-electron chi connectivity index (χ4n) is 2.37. The molecule has 2 fully saturated rings. The molecule has 0 spiro atoms. The molecule has 0 aromatic carbocycles. The van der Waals surface area contributed by atoms with Crippen LogP contribution in [-0.2, 0) is 0 Å². The van der Waals surface area contributed by atoms with E-state index in [-0.39, 0.29) is 18.3 Å². The van der Waals surface area contributed by atoms with E-state index in [9.17, 15) is 4.79 Å². The van der Waals surface area contributed by atoms with E-state index >= 15 is 0 Å². The third-order valence-electron chi connectivity index (χ3n) is 3.74. The van der Waals surface area contributed by atoms with E-state index in [1.165, 1.54) is 12.8 Å². The Kier molecular flexibility index (Phi) is 3.92. The van der Waals surface area contributed by atoms with Crippen LogP contribution in [0.1, 0.15) is 41.4 Å². The van der Waals surface area contributed by atoms with Crippen molar-refractivity contribution in [3.8, 4) is 0 Å². The molecule has 6 heteroatoms. The minimum atomic E-state index is 0. The third-order valence-corrected chi connectivity index (χ3v) is 3.74. The molecule has 1 amide bonds. The van der Waals surface area contributed by atoms with Gasteiger partial charge in [0.1, 0.15) is 5.69 Å². The van der Waals surface area contributed by atoms with Gasteiger partial charge in [-0.3, -0.25) is 9.89 Å². The van der Waals surface area contributed by atoms with Crippen LogP contribution in [0.4, 0.5) is 0 Å². The molecule has 2 heterocycles. The van der Waals surface area contributed by atoms with Gasteiger partial charge in [0.25, 0.3) is 5.91 Å². The first-order valence-corrected chi connectivity index (χ1v) is 6.29. The van der Waals surface area contributed by atoms with Crippen molar-refractivity contribution in [2.75, 3.05) is 20.1 Å². The number of hydrogen-bond acceptors (Lipinski definition) is 3. The predicted molar refractivity (Wildman–Crippen MR) is 71.2 cm³/mol. The molecule has 1 aromatic rings. The van der Waals surface area contributed by atoms with Crippen LogP contribution in [0.5, 0.6) is 0 Å². The molecule has 1 aliphatic heterocycles. The summed E-state index contributed by atoms with van der Waals surface area (Å²) in [7, 11) is 1.87. The normalized spacial score (nSPS) is 22.6. The molecule has 1 aliphatic carbocycles. The van der Waals surface area contributed by atoms with Crippen molar-refractivity contribution in [3.63, 3.8) is 0 Å². The minimum Gasteiger partial charge on any atom is -0.336 e. The molecule has 18 heavy (non-hydrogen) atoms. The molecule has 1 saturated carbocycles. The first-order valence-electron chi connectivity index (χ1n) is 6.29. The summed E-state index contributed by atoms with van der Waals surface area (Å²) in [5, 5.41) is 10.4. The maximum atomic E-state index is 12.2. The van der Waals surface area contributed by atoms with Crippen molar-refractivity contribution in [1.29, 1.82) is 0 Å². The summed E-state index contributed by atoms with van der Waals surface area (Å²) in [5.41, 5.74) is 1.67. The average Bonchev–Trinajstić information content (AvgIpc) is 2.87. The smallest absolute Gasteiger partial charge is 0.274 e. The quantitative estimate of drug-likeness (QED) is 0.866. The molecule has 1 atom stereocenters. The van der Waals surface area contributed by atoms with Crippen molar-refractivity contribution in [3.05, 3.63) is 17.5 Å². The molecular weight excluding hydrogens is 252 g/mol. The van der Waals surface area contributed by atoms with E-state index in [0.717, 1.165) is 25.2 Å². The number of halogens is 1. The van der Waals surface area contributed by atoms with E-state index in [1.807, 2.05) is 18.0 Å². The summed E-state index contributed by atoms with van der Waals surface area (Å²) in [6, 6.07) is 2.22. The lowest BCUT2D eigenvalue weighted by molar-refractivity contribution is 0.0738. The number of likely N-dealkylation sites (N-methyl/N-ethyl adjacent to an activating group) is 1. The Hall–Kier alpha value is -1.07. The maximum Gasteiger partial charge on any atom is 0.274 e. The Morgan fingerprint density at radius 3 is 2.83 bits per heavy atom. The van der Waals surface area contributed by atoms with E-state index in [2.05, 4.69) is 15.5 Å². The number of H-pyrrole nitrogens is 1. The van der Waals surface area contributed by atoms with Crippen LogP contribution in [0.25, 0.3) is 0 Å². The lowest BCUT2D eigenvalue weighted by atomic mass is 10.2. The highest BCUT2D eigenvalue weighted by molar-refractivity contribution is 5.92. The van der Waals surface area contributed by atoms with Gasteiger partial charge in [0.15, 0.2) is 0 Å². The van der Waals surface area contributed by atoms with Crippen LogP contribution in [0.2, 0.25) is 0 Å². The first-order chi connectivity index (χ1) is 8.25. The van der Waals surface area contributed by atoms with Crippen LogP contribution in [0, 0.1) is 0 Å². The fourth-order valence-corrected chi connectivity index (χ4v) is 2.37. The Labute approximate surface area is 113 Å². The summed E-state index contributed by atoms with van der Waals surface area (Å²) < 4.78 is 0. The van der Waals surface area contributed by atoms with Crippen LogP contribution in [-0.4, -0.2) is 47.2 Å². The van der Waals surface area contributed by atoms with Crippen LogP contribution in [0.15, 0.2) is 6.07 Å². The van der Waals surface area contributed by atoms with Crippen molar-refractivity contribution in [2.24, 2.45) is 0 Å². The summed E-state index contributed by atoms with van der Waals surface area (Å²) >= 11 is 0. The average molecular weight is 271 g/mol. The lowest BCUT2D eigenvalue weighted by Gasteiger charge is -2.22. The standard InChI is InChI=1S/C12H18N4O.ClH/c1-16(9-4-5-13-7-9)12(17)11-6-10(14-15-11)8-2-3-8;/h6,8-9,13H,2-5,7H2,1H3,(H,14,15);1H. The molecule has 2 aliphatic rings. The number of rotatable bonds is 3. The second kappa shape index (κ2) is 5.28. The molecule has 1 aromatic heterocycles. The van der Waals surface area contributed by atoms with Crippen molar-refractivity contribution in [2.45, 2.75) is 31.2 Å². The molecule has 1 unspecified atom stereocenters. The second-order valence-corrected chi connectivity index (χ2v) is 5.05. The number of carbonyl (C=O) groups is 1. The zero-order chi connectivity index (χ0) is 11.8. The van der Waals surface area contributed by atoms with Gasteiger partial charge < -0.3 is 10.2 Å². The highest BCUT2D eigenvalue weighted by Gasteiger charge is 2.29. The van der Waals surface area contributed by atoms with E-state index in [1.54, 1.807) is 0 Å². The zero-order valence-electron chi connectivity index (χ0n) is 10.5. The molecule has 0 bridgehead atoms. The van der Waals surface area contributed by atoms with E-state index in [0.29, 0.717) is 17.7 Å². The van der Waals surface area contributed by atoms with Gasteiger partial charge in [0, 0.05) is 31.2 Å². The molecule has 5 nitrogen and oxygen atoms in total. The number of carbonyl (C=O) groups excluding carboxylic acids is 1. The van der Waals surface area contributed by atoms with Crippen LogP contribution in [0.3, 0.4) is 0 Å². The van der Waals surface area contributed by atoms with Gasteiger partial charge in [-0.15, -0.1) is 12.4 Å². The van der Waals surface area contributed by atoms with Gasteiger partial charge >= 0.3 is 0 Å². The third kappa shape index (κ3) is 2.52. The number of aromatic nitrogens is 2. The highest BCUT2D eigenvalue weighted by Crippen LogP contribution is 2.39. The summed E-state index contributed by atoms with van der Waals surface area (Å²) in [5.74, 6) is 0.643. The predicted octanol–water partition coefficient (Wildman–Crippen LogP) is 1.14. The number of nitrogens with one attached hydrogen (secondary N) is 2. The minimum absolute atomic E-state index is 0. The molecule has 2 N–H and O–H groups in total. The van der Waals surface area contributed by atoms with Gasteiger partial charge in [-0.1, -0.05) is 0 Å². The largest absolute Gasteiger partial charge is 0.336 e.